The van der Waals surface area contributed by atoms with E-state index in [4.69, 9.17) is 0 Å². The molecule has 1 aliphatic heterocycles. The average molecular weight is 426 g/mol. The van der Waals surface area contributed by atoms with E-state index in [0.717, 1.165) is 37.3 Å². The van der Waals surface area contributed by atoms with Gasteiger partial charge in [-0.2, -0.15) is 5.10 Å². The molecule has 3 atom stereocenters. The van der Waals surface area contributed by atoms with Gasteiger partial charge in [0.25, 0.3) is 5.91 Å². The largest absolute Gasteiger partial charge is 0.389 e. The lowest BCUT2D eigenvalue weighted by Crippen LogP contribution is -2.55. The number of aryl methyl sites for hydroxylation is 1. The minimum atomic E-state index is -0.616. The number of piperazine rings is 1. The zero-order valence-corrected chi connectivity index (χ0v) is 18.4. The van der Waals surface area contributed by atoms with Crippen molar-refractivity contribution in [3.8, 4) is 5.69 Å². The third-order valence-electron chi connectivity index (χ3n) is 6.70. The molecule has 0 unspecified atom stereocenters. The smallest absolute Gasteiger partial charge is 0.274 e. The second-order valence-corrected chi connectivity index (χ2v) is 8.58. The molecule has 1 N–H and O–H groups in total. The van der Waals surface area contributed by atoms with E-state index in [0.29, 0.717) is 18.8 Å². The number of para-hydroxylation sites is 1. The van der Waals surface area contributed by atoms with Gasteiger partial charge in [-0.05, 0) is 38.0 Å². The van der Waals surface area contributed by atoms with Gasteiger partial charge in [0.05, 0.1) is 17.8 Å². The standard InChI is InChI=1S/C23H31N5O3/c1-16-15-19(24-28(16)18-7-5-4-6-8-18)23(31)25(3)20-9-10-21(22(20)30)27-13-11-26(12-14-27)17(2)29/h4-8,15,20-22,30H,9-14H2,1-3H3/t20-,21-,22-/m1/s1. The molecule has 8 nitrogen and oxygen atoms in total. The third-order valence-corrected chi connectivity index (χ3v) is 6.70. The number of aliphatic hydroxyl groups is 1. The molecule has 2 fully saturated rings. The molecule has 0 spiro atoms. The van der Waals surface area contributed by atoms with Crippen molar-refractivity contribution in [1.29, 1.82) is 0 Å². The molecule has 8 heteroatoms. The van der Waals surface area contributed by atoms with Crippen molar-refractivity contribution < 1.29 is 14.7 Å². The Morgan fingerprint density at radius 3 is 2.42 bits per heavy atom. The summed E-state index contributed by atoms with van der Waals surface area (Å²) < 4.78 is 1.77. The summed E-state index contributed by atoms with van der Waals surface area (Å²) in [5.41, 5.74) is 2.18. The molecule has 1 saturated carbocycles. The highest BCUT2D eigenvalue weighted by Gasteiger charge is 2.42. The Balaban J connectivity index is 1.42. The lowest BCUT2D eigenvalue weighted by molar-refractivity contribution is -0.131. The van der Waals surface area contributed by atoms with Crippen molar-refractivity contribution in [2.75, 3.05) is 33.2 Å². The second-order valence-electron chi connectivity index (χ2n) is 8.58. The molecule has 31 heavy (non-hydrogen) atoms. The van der Waals surface area contributed by atoms with Crippen LogP contribution in [0.4, 0.5) is 0 Å². The van der Waals surface area contributed by atoms with Crippen LogP contribution in [0.3, 0.4) is 0 Å². The molecule has 4 rings (SSSR count). The van der Waals surface area contributed by atoms with E-state index < -0.39 is 6.10 Å². The fraction of sp³-hybridized carbons (Fsp3) is 0.522. The quantitative estimate of drug-likeness (QED) is 0.799. The summed E-state index contributed by atoms with van der Waals surface area (Å²) in [5, 5.41) is 15.6. The van der Waals surface area contributed by atoms with E-state index in [-0.39, 0.29) is 23.9 Å². The summed E-state index contributed by atoms with van der Waals surface area (Å²) >= 11 is 0. The highest BCUT2D eigenvalue weighted by molar-refractivity contribution is 5.92. The number of rotatable bonds is 4. The SMILES string of the molecule is CC(=O)N1CCN([C@@H]2CC[C@@H](N(C)C(=O)c3cc(C)n(-c4ccccc4)n3)[C@H]2O)CC1. The predicted molar refractivity (Wildman–Crippen MR) is 117 cm³/mol. The minimum absolute atomic E-state index is 0.0120. The fourth-order valence-corrected chi connectivity index (χ4v) is 4.87. The van der Waals surface area contributed by atoms with Crippen LogP contribution in [0.1, 0.15) is 35.9 Å². The van der Waals surface area contributed by atoms with Crippen molar-refractivity contribution >= 4 is 11.8 Å². The van der Waals surface area contributed by atoms with Gasteiger partial charge >= 0.3 is 0 Å². The molecule has 1 aromatic heterocycles. The van der Waals surface area contributed by atoms with Gasteiger partial charge in [0.2, 0.25) is 5.91 Å². The highest BCUT2D eigenvalue weighted by Crippen LogP contribution is 2.29. The van der Waals surface area contributed by atoms with Gasteiger partial charge in [-0.1, -0.05) is 18.2 Å². The summed E-state index contributed by atoms with van der Waals surface area (Å²) in [6.45, 7) is 6.41. The third kappa shape index (κ3) is 4.22. The zero-order valence-electron chi connectivity index (χ0n) is 18.4. The normalized spacial score (nSPS) is 24.4. The van der Waals surface area contributed by atoms with Crippen LogP contribution in [0.2, 0.25) is 0 Å². The molecule has 0 radical (unpaired) electrons. The lowest BCUT2D eigenvalue weighted by Gasteiger charge is -2.39. The van der Waals surface area contributed by atoms with Crippen LogP contribution in [0.25, 0.3) is 5.69 Å². The first-order valence-electron chi connectivity index (χ1n) is 10.9. The summed E-state index contributed by atoms with van der Waals surface area (Å²) in [6.07, 6.45) is 0.968. The molecular formula is C23H31N5O3. The van der Waals surface area contributed by atoms with Gasteiger partial charge in [0.1, 0.15) is 0 Å². The van der Waals surface area contributed by atoms with Crippen molar-refractivity contribution in [1.82, 2.24) is 24.5 Å². The van der Waals surface area contributed by atoms with Gasteiger partial charge in [-0.15, -0.1) is 0 Å². The Hall–Kier alpha value is -2.71. The molecule has 1 saturated heterocycles. The van der Waals surface area contributed by atoms with Gasteiger partial charge in [-0.25, -0.2) is 4.68 Å². The van der Waals surface area contributed by atoms with Crippen LogP contribution in [0.15, 0.2) is 36.4 Å². The molecule has 1 aromatic carbocycles. The lowest BCUT2D eigenvalue weighted by atomic mass is 10.1. The second kappa shape index (κ2) is 8.80. The molecule has 166 valence electrons. The van der Waals surface area contributed by atoms with Crippen molar-refractivity contribution in [3.05, 3.63) is 47.8 Å². The Morgan fingerprint density at radius 2 is 1.77 bits per heavy atom. The molecule has 2 amide bonds. The predicted octanol–water partition coefficient (Wildman–Crippen LogP) is 1.31. The topological polar surface area (TPSA) is 81.9 Å². The summed E-state index contributed by atoms with van der Waals surface area (Å²) in [6, 6.07) is 11.3. The summed E-state index contributed by atoms with van der Waals surface area (Å²) in [5.74, 6) is -0.0797. The van der Waals surface area contributed by atoms with Crippen LogP contribution in [0.5, 0.6) is 0 Å². The van der Waals surface area contributed by atoms with Gasteiger partial charge < -0.3 is 14.9 Å². The monoisotopic (exact) mass is 425 g/mol. The van der Waals surface area contributed by atoms with E-state index in [1.807, 2.05) is 42.2 Å². The number of carbonyl (C=O) groups excluding carboxylic acids is 2. The van der Waals surface area contributed by atoms with E-state index in [9.17, 15) is 14.7 Å². The van der Waals surface area contributed by atoms with Gasteiger partial charge in [-0.3, -0.25) is 14.5 Å². The maximum absolute atomic E-state index is 13.2. The number of hydrogen-bond donors (Lipinski definition) is 1. The van der Waals surface area contributed by atoms with Crippen LogP contribution in [-0.2, 0) is 4.79 Å². The van der Waals surface area contributed by atoms with Gasteiger partial charge in [0, 0.05) is 51.9 Å². The molecule has 2 heterocycles. The van der Waals surface area contributed by atoms with Crippen LogP contribution in [0, 0.1) is 6.92 Å². The zero-order chi connectivity index (χ0) is 22.1. The van der Waals surface area contributed by atoms with E-state index in [1.165, 1.54) is 0 Å². The molecule has 2 aliphatic rings. The first-order valence-corrected chi connectivity index (χ1v) is 10.9. The number of hydrogen-bond acceptors (Lipinski definition) is 5. The number of benzene rings is 1. The van der Waals surface area contributed by atoms with E-state index >= 15 is 0 Å². The number of aliphatic hydroxyl groups excluding tert-OH is 1. The van der Waals surface area contributed by atoms with Crippen molar-refractivity contribution in [2.24, 2.45) is 0 Å². The molecular weight excluding hydrogens is 394 g/mol. The number of nitrogens with zero attached hydrogens (tertiary/aromatic N) is 5. The van der Waals surface area contributed by atoms with Crippen molar-refractivity contribution in [2.45, 2.75) is 44.9 Å². The van der Waals surface area contributed by atoms with E-state index in [2.05, 4.69) is 10.00 Å². The molecule has 2 aromatic rings. The Kier molecular flexibility index (Phi) is 6.11. The van der Waals surface area contributed by atoms with Crippen LogP contribution >= 0.6 is 0 Å². The summed E-state index contributed by atoms with van der Waals surface area (Å²) in [4.78, 5) is 30.5. The number of likely N-dealkylation sites (N-methyl/N-ethyl adjacent to an activating group) is 1. The maximum Gasteiger partial charge on any atom is 0.274 e. The fourth-order valence-electron chi connectivity index (χ4n) is 4.87. The average Bonchev–Trinajstić information content (AvgIpc) is 3.36. The van der Waals surface area contributed by atoms with Gasteiger partial charge in [0.15, 0.2) is 5.69 Å². The number of aromatic nitrogens is 2. The summed E-state index contributed by atoms with van der Waals surface area (Å²) in [7, 11) is 1.75. The van der Waals surface area contributed by atoms with Crippen LogP contribution < -0.4 is 0 Å². The Labute approximate surface area is 183 Å². The van der Waals surface area contributed by atoms with Crippen LogP contribution in [-0.4, -0.2) is 92.8 Å². The number of amides is 2. The molecule has 1 aliphatic carbocycles. The minimum Gasteiger partial charge on any atom is -0.389 e. The van der Waals surface area contributed by atoms with Crippen molar-refractivity contribution in [3.63, 3.8) is 0 Å². The Bertz CT molecular complexity index is 936. The van der Waals surface area contributed by atoms with E-state index in [1.54, 1.807) is 29.6 Å². The first-order chi connectivity index (χ1) is 14.9. The Morgan fingerprint density at radius 1 is 1.10 bits per heavy atom. The molecule has 0 bridgehead atoms. The highest BCUT2D eigenvalue weighted by atomic mass is 16.3. The maximum atomic E-state index is 13.2. The first kappa shape index (κ1) is 21.5. The number of carbonyl (C=O) groups is 2.